The van der Waals surface area contributed by atoms with Crippen LogP contribution < -0.4 is 5.73 Å². The first-order valence-corrected chi connectivity index (χ1v) is 6.92. The van der Waals surface area contributed by atoms with Gasteiger partial charge in [0.15, 0.2) is 0 Å². The van der Waals surface area contributed by atoms with E-state index in [0.29, 0.717) is 0 Å². The highest BCUT2D eigenvalue weighted by Gasteiger charge is 2.10. The van der Waals surface area contributed by atoms with Crippen molar-refractivity contribution in [1.29, 1.82) is 0 Å². The molecule has 18 heavy (non-hydrogen) atoms. The van der Waals surface area contributed by atoms with Crippen molar-refractivity contribution in [2.24, 2.45) is 5.73 Å². The fourth-order valence-electron chi connectivity index (χ4n) is 2.41. The first-order valence-electron chi connectivity index (χ1n) is 6.92. The van der Waals surface area contributed by atoms with Crippen LogP contribution in [-0.2, 0) is 6.54 Å². The number of hydrogen-bond donors (Lipinski definition) is 1. The third-order valence-electron chi connectivity index (χ3n) is 3.94. The van der Waals surface area contributed by atoms with Gasteiger partial charge >= 0.3 is 0 Å². The van der Waals surface area contributed by atoms with E-state index in [-0.39, 0.29) is 0 Å². The molecule has 2 heteroatoms. The molecule has 102 valence electrons. The van der Waals surface area contributed by atoms with Crippen LogP contribution >= 0.6 is 0 Å². The van der Waals surface area contributed by atoms with Gasteiger partial charge in [-0.1, -0.05) is 6.07 Å². The van der Waals surface area contributed by atoms with Crippen molar-refractivity contribution in [3.63, 3.8) is 0 Å². The predicted octanol–water partition coefficient (Wildman–Crippen LogP) is 3.09. The minimum atomic E-state index is 0.801. The third-order valence-corrected chi connectivity index (χ3v) is 3.94. The predicted molar refractivity (Wildman–Crippen MR) is 80.0 cm³/mol. The van der Waals surface area contributed by atoms with Gasteiger partial charge in [0.05, 0.1) is 0 Å². The van der Waals surface area contributed by atoms with Gasteiger partial charge in [-0.3, -0.25) is 0 Å². The van der Waals surface area contributed by atoms with Crippen LogP contribution in [0.25, 0.3) is 0 Å². The highest BCUT2D eigenvalue weighted by Crippen LogP contribution is 2.22. The number of benzene rings is 1. The summed E-state index contributed by atoms with van der Waals surface area (Å²) in [7, 11) is 2.20. The van der Waals surface area contributed by atoms with Gasteiger partial charge in [-0.15, -0.1) is 0 Å². The lowest BCUT2D eigenvalue weighted by molar-refractivity contribution is 0.318. The molecule has 0 aliphatic heterocycles. The fraction of sp³-hybridized carbons (Fsp3) is 0.625. The van der Waals surface area contributed by atoms with Crippen LogP contribution in [0.5, 0.6) is 0 Å². The van der Waals surface area contributed by atoms with E-state index < -0.39 is 0 Å². The van der Waals surface area contributed by atoms with Crippen LogP contribution in [0, 0.1) is 27.7 Å². The maximum absolute atomic E-state index is 5.54. The third kappa shape index (κ3) is 3.82. The Morgan fingerprint density at radius 1 is 1.00 bits per heavy atom. The molecular formula is C16H28N2. The molecule has 1 rings (SSSR count). The maximum Gasteiger partial charge on any atom is 0.0236 e. The molecule has 0 aliphatic rings. The molecule has 0 saturated heterocycles. The van der Waals surface area contributed by atoms with Crippen molar-refractivity contribution >= 4 is 0 Å². The van der Waals surface area contributed by atoms with Crippen molar-refractivity contribution in [2.75, 3.05) is 20.1 Å². The first kappa shape index (κ1) is 15.2. The van der Waals surface area contributed by atoms with Crippen LogP contribution in [0.1, 0.15) is 40.7 Å². The SMILES string of the molecule is Cc1cc(C)c(C)c(CN(C)CCCCN)c1C. The van der Waals surface area contributed by atoms with Crippen molar-refractivity contribution in [1.82, 2.24) is 4.90 Å². The van der Waals surface area contributed by atoms with Crippen LogP contribution in [0.3, 0.4) is 0 Å². The van der Waals surface area contributed by atoms with E-state index in [0.717, 1.165) is 26.1 Å². The summed E-state index contributed by atoms with van der Waals surface area (Å²) in [6.07, 6.45) is 2.31. The molecule has 2 N–H and O–H groups in total. The minimum absolute atomic E-state index is 0.801. The van der Waals surface area contributed by atoms with Gasteiger partial charge in [0.2, 0.25) is 0 Å². The van der Waals surface area contributed by atoms with Crippen molar-refractivity contribution in [3.05, 3.63) is 33.9 Å². The average Bonchev–Trinajstić information content (AvgIpc) is 2.32. The Labute approximate surface area is 112 Å². The standard InChI is InChI=1S/C16H28N2/c1-12-10-13(2)15(4)16(14(12)3)11-18(5)9-7-6-8-17/h10H,6-9,11,17H2,1-5H3. The van der Waals surface area contributed by atoms with Gasteiger partial charge in [0.25, 0.3) is 0 Å². The number of nitrogens with two attached hydrogens (primary N) is 1. The van der Waals surface area contributed by atoms with E-state index in [9.17, 15) is 0 Å². The zero-order valence-corrected chi connectivity index (χ0v) is 12.6. The zero-order valence-electron chi connectivity index (χ0n) is 12.6. The quantitative estimate of drug-likeness (QED) is 0.784. The summed E-state index contributed by atoms with van der Waals surface area (Å²) < 4.78 is 0. The smallest absolute Gasteiger partial charge is 0.0236 e. The average molecular weight is 248 g/mol. The van der Waals surface area contributed by atoms with Crippen molar-refractivity contribution < 1.29 is 0 Å². The van der Waals surface area contributed by atoms with Gasteiger partial charge in [-0.25, -0.2) is 0 Å². The molecule has 2 nitrogen and oxygen atoms in total. The molecule has 0 heterocycles. The molecule has 0 aromatic heterocycles. The van der Waals surface area contributed by atoms with E-state index in [1.54, 1.807) is 0 Å². The normalized spacial score (nSPS) is 11.3. The van der Waals surface area contributed by atoms with Crippen LogP contribution in [0.4, 0.5) is 0 Å². The monoisotopic (exact) mass is 248 g/mol. The fourth-order valence-corrected chi connectivity index (χ4v) is 2.41. The molecule has 0 amide bonds. The summed E-state index contributed by atoms with van der Waals surface area (Å²) in [5, 5.41) is 0. The molecular weight excluding hydrogens is 220 g/mol. The lowest BCUT2D eigenvalue weighted by Crippen LogP contribution is -2.21. The molecule has 0 saturated carbocycles. The zero-order chi connectivity index (χ0) is 13.7. The Hall–Kier alpha value is -0.860. The summed E-state index contributed by atoms with van der Waals surface area (Å²) in [6.45, 7) is 11.9. The molecule has 1 aromatic carbocycles. The van der Waals surface area contributed by atoms with Gasteiger partial charge < -0.3 is 10.6 Å². The topological polar surface area (TPSA) is 29.3 Å². The second-order valence-corrected chi connectivity index (χ2v) is 5.47. The molecule has 0 fully saturated rings. The highest BCUT2D eigenvalue weighted by atomic mass is 15.1. The summed E-state index contributed by atoms with van der Waals surface area (Å²) in [5.74, 6) is 0. The van der Waals surface area contributed by atoms with Gasteiger partial charge in [0, 0.05) is 6.54 Å². The molecule has 0 spiro atoms. The van der Waals surface area contributed by atoms with Crippen LogP contribution in [-0.4, -0.2) is 25.0 Å². The Morgan fingerprint density at radius 2 is 1.56 bits per heavy atom. The summed E-state index contributed by atoms with van der Waals surface area (Å²) >= 11 is 0. The highest BCUT2D eigenvalue weighted by molar-refractivity contribution is 5.43. The summed E-state index contributed by atoms with van der Waals surface area (Å²) in [4.78, 5) is 2.41. The number of nitrogens with zero attached hydrogens (tertiary/aromatic N) is 1. The van der Waals surface area contributed by atoms with Crippen LogP contribution in [0.15, 0.2) is 6.07 Å². The van der Waals surface area contributed by atoms with Gasteiger partial charge in [-0.05, 0) is 88.5 Å². The largest absolute Gasteiger partial charge is 0.330 e. The number of hydrogen-bond acceptors (Lipinski definition) is 2. The molecule has 0 atom stereocenters. The van der Waals surface area contributed by atoms with Gasteiger partial charge in [0.1, 0.15) is 0 Å². The van der Waals surface area contributed by atoms with Crippen molar-refractivity contribution in [2.45, 2.75) is 47.1 Å². The minimum Gasteiger partial charge on any atom is -0.330 e. The number of aryl methyl sites for hydroxylation is 2. The summed E-state index contributed by atoms with van der Waals surface area (Å²) in [5.41, 5.74) is 12.7. The Kier molecular flexibility index (Phi) is 5.83. The Morgan fingerprint density at radius 3 is 2.06 bits per heavy atom. The first-order chi connectivity index (χ1) is 8.47. The molecule has 0 unspecified atom stereocenters. The maximum atomic E-state index is 5.54. The van der Waals surface area contributed by atoms with Crippen LogP contribution in [0.2, 0.25) is 0 Å². The number of rotatable bonds is 6. The Bertz CT molecular complexity index is 370. The second-order valence-electron chi connectivity index (χ2n) is 5.47. The van der Waals surface area contributed by atoms with E-state index in [4.69, 9.17) is 5.73 Å². The van der Waals surface area contributed by atoms with Crippen molar-refractivity contribution in [3.8, 4) is 0 Å². The molecule has 0 bridgehead atoms. The van der Waals surface area contributed by atoms with E-state index in [1.165, 1.54) is 34.2 Å². The molecule has 0 aliphatic carbocycles. The second kappa shape index (κ2) is 6.91. The Balaban J connectivity index is 2.77. The molecule has 0 radical (unpaired) electrons. The summed E-state index contributed by atoms with van der Waals surface area (Å²) in [6, 6.07) is 2.29. The number of unbranched alkanes of at least 4 members (excludes halogenated alkanes) is 1. The van der Waals surface area contributed by atoms with E-state index >= 15 is 0 Å². The lowest BCUT2D eigenvalue weighted by Gasteiger charge is -2.21. The lowest BCUT2D eigenvalue weighted by atomic mass is 9.94. The van der Waals surface area contributed by atoms with E-state index in [2.05, 4.69) is 45.7 Å². The van der Waals surface area contributed by atoms with E-state index in [1.807, 2.05) is 0 Å². The van der Waals surface area contributed by atoms with Gasteiger partial charge in [-0.2, -0.15) is 0 Å². The molecule has 1 aromatic rings.